The van der Waals surface area contributed by atoms with Crippen LogP contribution in [0.25, 0.3) is 27.8 Å². The fourth-order valence-electron chi connectivity index (χ4n) is 7.91. The number of rotatable bonds is 7. The van der Waals surface area contributed by atoms with Gasteiger partial charge < -0.3 is 24.6 Å². The van der Waals surface area contributed by atoms with Crippen LogP contribution in [0.4, 0.5) is 4.79 Å². The smallest absolute Gasteiger partial charge is 0.496 e. The number of carbonyl (C=O) groups is 2. The fourth-order valence-corrected chi connectivity index (χ4v) is 8.08. The fraction of sp³-hybridized carbons (Fsp3) is 0.375. The van der Waals surface area contributed by atoms with Gasteiger partial charge in [0.15, 0.2) is 11.4 Å². The Bertz CT molecular complexity index is 1700. The van der Waals surface area contributed by atoms with Gasteiger partial charge in [0.05, 0.1) is 36.7 Å². The van der Waals surface area contributed by atoms with Crippen molar-refractivity contribution in [2.24, 2.45) is 23.7 Å². The summed E-state index contributed by atoms with van der Waals surface area (Å²) in [7, 11) is 3.13. The van der Waals surface area contributed by atoms with E-state index in [1.807, 2.05) is 30.3 Å². The molecule has 2 aromatic heterocycles. The third-order valence-electron chi connectivity index (χ3n) is 9.45. The lowest BCUT2D eigenvalue weighted by Crippen LogP contribution is -2.68. The average molecular weight is 603 g/mol. The second-order valence-electron chi connectivity index (χ2n) is 11.8. The lowest BCUT2D eigenvalue weighted by Gasteiger charge is -2.59. The van der Waals surface area contributed by atoms with E-state index in [2.05, 4.69) is 10.3 Å². The molecule has 4 bridgehead atoms. The van der Waals surface area contributed by atoms with Crippen molar-refractivity contribution in [3.8, 4) is 28.4 Å². The van der Waals surface area contributed by atoms with Gasteiger partial charge in [-0.15, -0.1) is 0 Å². The lowest BCUT2D eigenvalue weighted by atomic mass is 9.52. The van der Waals surface area contributed by atoms with Gasteiger partial charge in [-0.05, 0) is 86.4 Å². The molecular weight excluding hydrogens is 572 g/mol. The van der Waals surface area contributed by atoms with Crippen molar-refractivity contribution in [1.82, 2.24) is 20.1 Å². The first kappa shape index (κ1) is 27.5. The first-order valence-corrected chi connectivity index (χ1v) is 14.8. The molecule has 222 valence electrons. The number of carboxylic acid groups (broad SMARTS) is 1. The minimum absolute atomic E-state index is 0.0754. The van der Waals surface area contributed by atoms with Crippen molar-refractivity contribution in [2.75, 3.05) is 14.2 Å². The molecule has 43 heavy (non-hydrogen) atoms. The third-order valence-corrected chi connectivity index (χ3v) is 9.69. The second-order valence-corrected chi connectivity index (χ2v) is 12.2. The third kappa shape index (κ3) is 4.55. The molecule has 0 aliphatic heterocycles. The molecule has 0 radical (unpaired) electrons. The molecule has 0 spiro atoms. The molecule has 4 aliphatic rings. The van der Waals surface area contributed by atoms with E-state index in [0.717, 1.165) is 31.1 Å². The zero-order valence-corrected chi connectivity index (χ0v) is 24.5. The van der Waals surface area contributed by atoms with Crippen LogP contribution >= 0.6 is 11.6 Å². The highest BCUT2D eigenvalue weighted by Gasteiger charge is 2.61. The van der Waals surface area contributed by atoms with E-state index in [0.29, 0.717) is 50.8 Å². The summed E-state index contributed by atoms with van der Waals surface area (Å²) >= 11 is 6.26. The Balaban J connectivity index is 1.37. The minimum atomic E-state index is -1.39. The molecule has 0 unspecified atom stereocenters. The number of fused-ring (bicyclic) bond motifs is 1. The average Bonchev–Trinajstić information content (AvgIpc) is 3.43. The summed E-state index contributed by atoms with van der Waals surface area (Å²) in [5.41, 5.74) is 1.28. The maximum atomic E-state index is 14.1. The molecule has 11 heteroatoms. The molecule has 0 atom stereocenters. The van der Waals surface area contributed by atoms with Crippen molar-refractivity contribution in [3.05, 3.63) is 65.4 Å². The Hall–Kier alpha value is -4.31. The van der Waals surface area contributed by atoms with Crippen LogP contribution in [0.1, 0.15) is 42.6 Å². The number of methoxy groups -OCH3 is 2. The highest BCUT2D eigenvalue weighted by atomic mass is 35.5. The van der Waals surface area contributed by atoms with E-state index < -0.39 is 17.8 Å². The van der Waals surface area contributed by atoms with Crippen LogP contribution in [-0.4, -0.2) is 51.9 Å². The van der Waals surface area contributed by atoms with E-state index in [9.17, 15) is 14.7 Å². The molecule has 8 rings (SSSR count). The summed E-state index contributed by atoms with van der Waals surface area (Å²) in [4.78, 5) is 30.6. The lowest BCUT2D eigenvalue weighted by molar-refractivity contribution is -0.191. The molecule has 4 aromatic rings. The molecule has 1 amide bonds. The Labute approximate surface area is 252 Å². The molecule has 2 aromatic carbocycles. The Kier molecular flexibility index (Phi) is 6.69. The summed E-state index contributed by atoms with van der Waals surface area (Å²) in [6.45, 7) is 0. The number of nitrogens with one attached hydrogen (secondary N) is 1. The van der Waals surface area contributed by atoms with E-state index in [1.165, 1.54) is 6.42 Å². The quantitative estimate of drug-likeness (QED) is 0.186. The Morgan fingerprint density at radius 1 is 0.977 bits per heavy atom. The number of pyridine rings is 1. The minimum Gasteiger partial charge on any atom is -0.496 e. The SMILES string of the molecule is COc1cccc(OC)c1-c1cc(C(=O)NC2(OC(=O)O)C3CC4CC(C3)CC2C4)nn1-c1ccnc2cc(Cl)ccc12. The van der Waals surface area contributed by atoms with Crippen molar-refractivity contribution in [3.63, 3.8) is 0 Å². The van der Waals surface area contributed by atoms with E-state index in [1.54, 1.807) is 43.3 Å². The molecule has 4 saturated carbocycles. The van der Waals surface area contributed by atoms with Crippen molar-refractivity contribution >= 4 is 34.6 Å². The van der Waals surface area contributed by atoms with Crippen LogP contribution in [0, 0.1) is 23.7 Å². The Morgan fingerprint density at radius 3 is 2.28 bits per heavy atom. The zero-order valence-electron chi connectivity index (χ0n) is 23.7. The molecule has 2 N–H and O–H groups in total. The van der Waals surface area contributed by atoms with Gasteiger partial charge in [0, 0.05) is 28.4 Å². The normalized spacial score (nSPS) is 25.5. The van der Waals surface area contributed by atoms with E-state index >= 15 is 0 Å². The number of hydrogen-bond donors (Lipinski definition) is 2. The van der Waals surface area contributed by atoms with Crippen molar-refractivity contribution < 1.29 is 28.9 Å². The number of amides is 1. The van der Waals surface area contributed by atoms with Crippen molar-refractivity contribution in [2.45, 2.75) is 37.8 Å². The van der Waals surface area contributed by atoms with Crippen LogP contribution < -0.4 is 14.8 Å². The molecule has 4 fully saturated rings. The van der Waals surface area contributed by atoms with Crippen LogP contribution in [0.2, 0.25) is 5.02 Å². The zero-order chi connectivity index (χ0) is 29.9. The number of carbonyl (C=O) groups excluding carboxylic acids is 1. The van der Waals surface area contributed by atoms with Crippen LogP contribution in [0.5, 0.6) is 11.5 Å². The van der Waals surface area contributed by atoms with Gasteiger partial charge >= 0.3 is 6.16 Å². The van der Waals surface area contributed by atoms with E-state index in [-0.39, 0.29) is 17.5 Å². The highest BCUT2D eigenvalue weighted by Crippen LogP contribution is 2.58. The molecule has 10 nitrogen and oxygen atoms in total. The van der Waals surface area contributed by atoms with Crippen LogP contribution in [0.3, 0.4) is 0 Å². The largest absolute Gasteiger partial charge is 0.507 e. The Morgan fingerprint density at radius 2 is 1.65 bits per heavy atom. The van der Waals surface area contributed by atoms with Gasteiger partial charge in [0.1, 0.15) is 11.5 Å². The first-order valence-electron chi connectivity index (χ1n) is 14.4. The summed E-state index contributed by atoms with van der Waals surface area (Å²) in [6, 6.07) is 14.3. The van der Waals surface area contributed by atoms with Gasteiger partial charge in [0.2, 0.25) is 0 Å². The monoisotopic (exact) mass is 602 g/mol. The number of nitrogens with zero attached hydrogens (tertiary/aromatic N) is 3. The van der Waals surface area contributed by atoms with E-state index in [4.69, 9.17) is 30.9 Å². The second kappa shape index (κ2) is 10.4. The van der Waals surface area contributed by atoms with Crippen LogP contribution in [-0.2, 0) is 4.74 Å². The predicted molar refractivity (Wildman–Crippen MR) is 159 cm³/mol. The van der Waals surface area contributed by atoms with Gasteiger partial charge in [-0.2, -0.15) is 5.10 Å². The maximum Gasteiger partial charge on any atom is 0.507 e. The number of ether oxygens (including phenoxy) is 3. The van der Waals surface area contributed by atoms with Crippen molar-refractivity contribution in [1.29, 1.82) is 0 Å². The number of halogens is 1. The number of hydrogen-bond acceptors (Lipinski definition) is 7. The number of aromatic nitrogens is 3. The van der Waals surface area contributed by atoms with Gasteiger partial charge in [-0.3, -0.25) is 9.78 Å². The van der Waals surface area contributed by atoms with Crippen LogP contribution in [0.15, 0.2) is 54.7 Å². The van der Waals surface area contributed by atoms with Gasteiger partial charge in [-0.1, -0.05) is 17.7 Å². The predicted octanol–water partition coefficient (Wildman–Crippen LogP) is 6.33. The maximum absolute atomic E-state index is 14.1. The summed E-state index contributed by atoms with van der Waals surface area (Å²) in [6.07, 6.45) is 4.79. The molecule has 4 aliphatic carbocycles. The molecule has 0 saturated heterocycles. The highest BCUT2D eigenvalue weighted by molar-refractivity contribution is 6.31. The summed E-state index contributed by atoms with van der Waals surface area (Å²) in [5.74, 6) is 1.48. The van der Waals surface area contributed by atoms with Gasteiger partial charge in [-0.25, -0.2) is 9.48 Å². The summed E-state index contributed by atoms with van der Waals surface area (Å²) in [5, 5.41) is 19.0. The molecular formula is C32H31ClN4O6. The first-order chi connectivity index (χ1) is 20.8. The van der Waals surface area contributed by atoms with Gasteiger partial charge in [0.25, 0.3) is 5.91 Å². The number of benzene rings is 2. The standard InChI is InChI=1S/C32H31ClN4O6/c1-41-27-4-3-5-28(42-2)29(27)26-16-24(36-37(26)25-8-9-34-23-15-21(33)6-7-22(23)25)30(38)35-32(43-31(39)40)19-11-17-10-18(13-19)14-20(32)12-17/h3-9,15-20H,10-14H2,1-2H3,(H,35,38)(H,39,40). The topological polar surface area (TPSA) is 125 Å². The summed E-state index contributed by atoms with van der Waals surface area (Å²) < 4.78 is 18.7. The molecule has 2 heterocycles.